The van der Waals surface area contributed by atoms with Crippen molar-refractivity contribution in [3.63, 3.8) is 0 Å². The third-order valence-corrected chi connectivity index (χ3v) is 5.76. The number of carbonyl (C=O) groups is 1. The van der Waals surface area contributed by atoms with Gasteiger partial charge in [0.05, 0.1) is 16.2 Å². The molecular formula is C20H12ClN3O4S. The standard InChI is InChI=1S/C20H12ClN3O4S/c21-18-15-3-1-2-4-17(15)29-19(18)20(25)23-22-11-14-9-10-16(28-14)12-5-7-13(8-6-12)24(26)27/h1-11H,(H,23,25)/b22-11-. The summed E-state index contributed by atoms with van der Waals surface area (Å²) >= 11 is 7.58. The fourth-order valence-corrected chi connectivity index (χ4v) is 4.10. The molecule has 0 atom stereocenters. The van der Waals surface area contributed by atoms with Gasteiger partial charge in [-0.3, -0.25) is 14.9 Å². The monoisotopic (exact) mass is 425 g/mol. The molecule has 1 amide bonds. The number of nitro groups is 1. The SMILES string of the molecule is O=C(N/N=C\c1ccc(-c2ccc([N+](=O)[O-])cc2)o1)c1sc2ccccc2c1Cl. The molecule has 0 saturated carbocycles. The number of hydrogen-bond donors (Lipinski definition) is 1. The average Bonchev–Trinajstić information content (AvgIpc) is 3.33. The molecule has 0 aliphatic rings. The minimum absolute atomic E-state index is 0.00435. The number of amides is 1. The molecular weight excluding hydrogens is 414 g/mol. The summed E-state index contributed by atoms with van der Waals surface area (Å²) in [5.74, 6) is 0.538. The van der Waals surface area contributed by atoms with Gasteiger partial charge in [-0.05, 0) is 30.3 Å². The van der Waals surface area contributed by atoms with Crippen molar-refractivity contribution in [1.29, 1.82) is 0 Å². The van der Waals surface area contributed by atoms with Gasteiger partial charge in [0.2, 0.25) is 0 Å². The smallest absolute Gasteiger partial charge is 0.283 e. The number of halogens is 1. The van der Waals surface area contributed by atoms with E-state index in [1.807, 2.05) is 24.3 Å². The molecule has 0 bridgehead atoms. The van der Waals surface area contributed by atoms with Crippen LogP contribution in [0.15, 0.2) is 70.2 Å². The fraction of sp³-hybridized carbons (Fsp3) is 0. The van der Waals surface area contributed by atoms with Crippen LogP contribution in [0.3, 0.4) is 0 Å². The van der Waals surface area contributed by atoms with E-state index in [2.05, 4.69) is 10.5 Å². The quantitative estimate of drug-likeness (QED) is 0.260. The van der Waals surface area contributed by atoms with Crippen LogP contribution < -0.4 is 5.43 Å². The van der Waals surface area contributed by atoms with Crippen LogP contribution in [0.25, 0.3) is 21.4 Å². The van der Waals surface area contributed by atoms with Crippen LogP contribution in [0.1, 0.15) is 15.4 Å². The summed E-state index contributed by atoms with van der Waals surface area (Å²) in [5.41, 5.74) is 3.14. The highest BCUT2D eigenvalue weighted by Gasteiger charge is 2.16. The molecule has 0 saturated heterocycles. The molecule has 0 unspecified atom stereocenters. The fourth-order valence-electron chi connectivity index (χ4n) is 2.69. The minimum Gasteiger partial charge on any atom is -0.455 e. The Morgan fingerprint density at radius 3 is 2.62 bits per heavy atom. The largest absolute Gasteiger partial charge is 0.455 e. The maximum atomic E-state index is 12.4. The molecule has 0 aliphatic carbocycles. The third kappa shape index (κ3) is 3.89. The zero-order chi connectivity index (χ0) is 20.4. The third-order valence-electron chi connectivity index (χ3n) is 4.09. The van der Waals surface area contributed by atoms with Gasteiger partial charge in [-0.25, -0.2) is 5.43 Å². The lowest BCUT2D eigenvalue weighted by molar-refractivity contribution is -0.384. The molecule has 2 aromatic carbocycles. The molecule has 0 fully saturated rings. The van der Waals surface area contributed by atoms with Crippen LogP contribution in [0.5, 0.6) is 0 Å². The lowest BCUT2D eigenvalue weighted by Gasteiger charge is -1.97. The molecule has 2 aromatic heterocycles. The maximum Gasteiger partial charge on any atom is 0.283 e. The van der Waals surface area contributed by atoms with E-state index < -0.39 is 10.8 Å². The van der Waals surface area contributed by atoms with Gasteiger partial charge in [0, 0.05) is 27.8 Å². The van der Waals surface area contributed by atoms with E-state index >= 15 is 0 Å². The van der Waals surface area contributed by atoms with E-state index in [0.717, 1.165) is 10.1 Å². The topological polar surface area (TPSA) is 97.7 Å². The van der Waals surface area contributed by atoms with Gasteiger partial charge in [0.25, 0.3) is 11.6 Å². The molecule has 9 heteroatoms. The molecule has 144 valence electrons. The lowest BCUT2D eigenvalue weighted by Crippen LogP contribution is -2.16. The Hall–Kier alpha value is -3.49. The van der Waals surface area contributed by atoms with Crippen LogP contribution >= 0.6 is 22.9 Å². The normalized spacial score (nSPS) is 11.2. The number of thiophene rings is 1. The van der Waals surface area contributed by atoms with Crippen LogP contribution in [-0.2, 0) is 0 Å². The summed E-state index contributed by atoms with van der Waals surface area (Å²) in [6.45, 7) is 0. The van der Waals surface area contributed by atoms with Gasteiger partial charge < -0.3 is 4.42 Å². The van der Waals surface area contributed by atoms with E-state index in [1.165, 1.54) is 29.7 Å². The Bertz CT molecular complexity index is 1240. The van der Waals surface area contributed by atoms with Gasteiger partial charge >= 0.3 is 0 Å². The number of nitro benzene ring substituents is 1. The number of hydrazone groups is 1. The number of nitrogens with zero attached hydrogens (tertiary/aromatic N) is 2. The lowest BCUT2D eigenvalue weighted by atomic mass is 10.1. The van der Waals surface area contributed by atoms with Crippen molar-refractivity contribution in [2.24, 2.45) is 5.10 Å². The molecule has 4 rings (SSSR count). The predicted octanol–water partition coefficient (Wildman–Crippen LogP) is 5.49. The summed E-state index contributed by atoms with van der Waals surface area (Å²) in [4.78, 5) is 23.0. The highest BCUT2D eigenvalue weighted by atomic mass is 35.5. The Labute approximate surface area is 173 Å². The van der Waals surface area contributed by atoms with E-state index in [1.54, 1.807) is 24.3 Å². The van der Waals surface area contributed by atoms with Crippen molar-refractivity contribution in [1.82, 2.24) is 5.43 Å². The van der Waals surface area contributed by atoms with Crippen molar-refractivity contribution in [2.45, 2.75) is 0 Å². The summed E-state index contributed by atoms with van der Waals surface area (Å²) in [6.07, 6.45) is 1.37. The summed E-state index contributed by atoms with van der Waals surface area (Å²) in [5, 5.41) is 15.9. The van der Waals surface area contributed by atoms with E-state index in [9.17, 15) is 14.9 Å². The van der Waals surface area contributed by atoms with E-state index in [4.69, 9.17) is 16.0 Å². The second kappa shape index (κ2) is 7.86. The predicted molar refractivity (Wildman–Crippen MR) is 113 cm³/mol. The minimum atomic E-state index is -0.463. The second-order valence-electron chi connectivity index (χ2n) is 5.95. The number of rotatable bonds is 5. The van der Waals surface area contributed by atoms with Crippen LogP contribution in [0.2, 0.25) is 5.02 Å². The summed E-state index contributed by atoms with van der Waals surface area (Å²) < 4.78 is 6.56. The Morgan fingerprint density at radius 1 is 1.14 bits per heavy atom. The Morgan fingerprint density at radius 2 is 1.90 bits per heavy atom. The van der Waals surface area contributed by atoms with Gasteiger partial charge in [0.1, 0.15) is 16.4 Å². The van der Waals surface area contributed by atoms with Gasteiger partial charge in [-0.1, -0.05) is 29.8 Å². The van der Waals surface area contributed by atoms with Gasteiger partial charge in [-0.15, -0.1) is 11.3 Å². The number of carbonyl (C=O) groups excluding carboxylic acids is 1. The van der Waals surface area contributed by atoms with Crippen molar-refractivity contribution < 1.29 is 14.1 Å². The van der Waals surface area contributed by atoms with Crippen molar-refractivity contribution >= 4 is 50.8 Å². The first-order valence-corrected chi connectivity index (χ1v) is 9.57. The molecule has 4 aromatic rings. The Balaban J connectivity index is 1.45. The van der Waals surface area contributed by atoms with Crippen LogP contribution in [-0.4, -0.2) is 17.0 Å². The van der Waals surface area contributed by atoms with E-state index in [0.29, 0.717) is 27.0 Å². The second-order valence-corrected chi connectivity index (χ2v) is 7.38. The highest BCUT2D eigenvalue weighted by molar-refractivity contribution is 7.21. The summed E-state index contributed by atoms with van der Waals surface area (Å²) in [6, 6.07) is 16.9. The van der Waals surface area contributed by atoms with Crippen molar-refractivity contribution in [2.75, 3.05) is 0 Å². The number of non-ortho nitro benzene ring substituents is 1. The molecule has 7 nitrogen and oxygen atoms in total. The number of hydrogen-bond acceptors (Lipinski definition) is 6. The number of fused-ring (bicyclic) bond motifs is 1. The zero-order valence-corrected chi connectivity index (χ0v) is 16.2. The average molecular weight is 426 g/mol. The van der Waals surface area contributed by atoms with E-state index in [-0.39, 0.29) is 5.69 Å². The molecule has 0 spiro atoms. The highest BCUT2D eigenvalue weighted by Crippen LogP contribution is 2.35. The van der Waals surface area contributed by atoms with Crippen molar-refractivity contribution in [3.8, 4) is 11.3 Å². The molecule has 2 heterocycles. The molecule has 0 radical (unpaired) electrons. The van der Waals surface area contributed by atoms with Gasteiger partial charge in [-0.2, -0.15) is 5.10 Å². The zero-order valence-electron chi connectivity index (χ0n) is 14.7. The summed E-state index contributed by atoms with van der Waals surface area (Å²) in [7, 11) is 0. The first kappa shape index (κ1) is 18.9. The first-order valence-electron chi connectivity index (χ1n) is 8.38. The number of benzene rings is 2. The van der Waals surface area contributed by atoms with Crippen molar-refractivity contribution in [3.05, 3.63) is 86.4 Å². The maximum absolute atomic E-state index is 12.4. The molecule has 1 N–H and O–H groups in total. The van der Waals surface area contributed by atoms with Crippen LogP contribution in [0.4, 0.5) is 5.69 Å². The van der Waals surface area contributed by atoms with Gasteiger partial charge in [0.15, 0.2) is 0 Å². The number of furan rings is 1. The Kier molecular flexibility index (Phi) is 5.11. The number of nitrogens with one attached hydrogen (secondary N) is 1. The van der Waals surface area contributed by atoms with Crippen LogP contribution in [0, 0.1) is 10.1 Å². The molecule has 0 aliphatic heterocycles. The first-order chi connectivity index (χ1) is 14.0. The molecule has 29 heavy (non-hydrogen) atoms.